The number of nitrogens with one attached hydrogen (secondary N) is 1. The number of carbonyl (C=O) groups excluding carboxylic acids is 1. The normalized spacial score (nSPS) is 16.8. The van der Waals surface area contributed by atoms with Gasteiger partial charge in [0.1, 0.15) is 5.75 Å². The summed E-state index contributed by atoms with van der Waals surface area (Å²) in [4.78, 5) is 15.1. The molecule has 0 aromatic heterocycles. The second-order valence-electron chi connectivity index (χ2n) is 7.75. The first kappa shape index (κ1) is 23.4. The molecule has 1 aliphatic heterocycles. The molecule has 1 saturated heterocycles. The van der Waals surface area contributed by atoms with Crippen molar-refractivity contribution in [1.29, 1.82) is 0 Å². The second-order valence-corrected chi connectivity index (χ2v) is 8.16. The third kappa shape index (κ3) is 7.13. The maximum absolute atomic E-state index is 12.7. The highest BCUT2D eigenvalue weighted by Crippen LogP contribution is 2.29. The van der Waals surface area contributed by atoms with Crippen LogP contribution in [0.25, 0.3) is 0 Å². The van der Waals surface area contributed by atoms with E-state index in [0.717, 1.165) is 32.5 Å². The average molecular weight is 446 g/mol. The van der Waals surface area contributed by atoms with Gasteiger partial charge in [0.25, 0.3) is 5.91 Å². The topological polar surface area (TPSA) is 76.8 Å². The highest BCUT2D eigenvalue weighted by molar-refractivity contribution is 6.33. The van der Waals surface area contributed by atoms with E-state index in [1.165, 1.54) is 12.0 Å². The summed E-state index contributed by atoms with van der Waals surface area (Å²) < 4.78 is 11.4. The van der Waals surface area contributed by atoms with Crippen LogP contribution >= 0.6 is 11.6 Å². The van der Waals surface area contributed by atoms with E-state index in [1.807, 2.05) is 6.92 Å². The molecular formula is C24H32ClN3O3. The van der Waals surface area contributed by atoms with Gasteiger partial charge in [-0.2, -0.15) is 0 Å². The Morgan fingerprint density at radius 2 is 2.10 bits per heavy atom. The minimum Gasteiger partial charge on any atom is -0.493 e. The SMILES string of the molecule is CCOc1cc(N)c(Cl)cc1C(=O)NCC1CN(CCCCc2ccccc2)CCO1. The van der Waals surface area contributed by atoms with E-state index >= 15 is 0 Å². The van der Waals surface area contributed by atoms with Crippen LogP contribution in [0.3, 0.4) is 0 Å². The Kier molecular flexibility index (Phi) is 9.00. The van der Waals surface area contributed by atoms with Crippen LogP contribution in [0.1, 0.15) is 35.7 Å². The number of amides is 1. The first-order chi connectivity index (χ1) is 15.1. The molecule has 0 spiro atoms. The van der Waals surface area contributed by atoms with E-state index in [9.17, 15) is 4.79 Å². The fraction of sp³-hybridized carbons (Fsp3) is 0.458. The number of aryl methyl sites for hydroxylation is 1. The Bertz CT molecular complexity index is 847. The van der Waals surface area contributed by atoms with Crippen LogP contribution in [0, 0.1) is 0 Å². The van der Waals surface area contributed by atoms with Crippen molar-refractivity contribution in [2.24, 2.45) is 0 Å². The number of carbonyl (C=O) groups is 1. The molecular weight excluding hydrogens is 414 g/mol. The van der Waals surface area contributed by atoms with Crippen molar-refractivity contribution in [3.8, 4) is 5.75 Å². The highest BCUT2D eigenvalue weighted by atomic mass is 35.5. The molecule has 1 atom stereocenters. The number of benzene rings is 2. The monoisotopic (exact) mass is 445 g/mol. The standard InChI is InChI=1S/C24H32ClN3O3/c1-2-30-23-15-22(26)21(25)14-20(23)24(29)27-16-19-17-28(12-13-31-19)11-7-6-10-18-8-4-3-5-9-18/h3-5,8-9,14-15,19H,2,6-7,10-13,16-17,26H2,1H3,(H,27,29). The fourth-order valence-electron chi connectivity index (χ4n) is 3.74. The van der Waals surface area contributed by atoms with E-state index in [-0.39, 0.29) is 12.0 Å². The number of nitrogens with zero attached hydrogens (tertiary/aromatic N) is 1. The quantitative estimate of drug-likeness (QED) is 0.430. The summed E-state index contributed by atoms with van der Waals surface area (Å²) in [5, 5.41) is 3.29. The van der Waals surface area contributed by atoms with Gasteiger partial charge < -0.3 is 20.5 Å². The van der Waals surface area contributed by atoms with Crippen molar-refractivity contribution in [2.75, 3.05) is 45.1 Å². The summed E-state index contributed by atoms with van der Waals surface area (Å²) in [7, 11) is 0. The van der Waals surface area contributed by atoms with E-state index < -0.39 is 0 Å². The molecule has 2 aromatic rings. The van der Waals surface area contributed by atoms with E-state index in [1.54, 1.807) is 12.1 Å². The lowest BCUT2D eigenvalue weighted by atomic mass is 10.1. The van der Waals surface area contributed by atoms with Crippen LogP contribution in [-0.4, -0.2) is 56.3 Å². The summed E-state index contributed by atoms with van der Waals surface area (Å²) in [5.41, 5.74) is 8.00. The maximum Gasteiger partial charge on any atom is 0.255 e. The molecule has 1 fully saturated rings. The summed E-state index contributed by atoms with van der Waals surface area (Å²) in [6, 6.07) is 13.7. The van der Waals surface area contributed by atoms with Crippen LogP contribution in [-0.2, 0) is 11.2 Å². The van der Waals surface area contributed by atoms with Crippen molar-refractivity contribution >= 4 is 23.2 Å². The molecule has 2 aromatic carbocycles. The smallest absolute Gasteiger partial charge is 0.255 e. The van der Waals surface area contributed by atoms with Crippen molar-refractivity contribution in [3.05, 3.63) is 58.6 Å². The van der Waals surface area contributed by atoms with Gasteiger partial charge in [-0.05, 0) is 44.4 Å². The number of nitrogen functional groups attached to an aromatic ring is 1. The Hall–Kier alpha value is -2.28. The molecule has 3 rings (SSSR count). The zero-order valence-electron chi connectivity index (χ0n) is 18.1. The van der Waals surface area contributed by atoms with Crippen LogP contribution in [0.15, 0.2) is 42.5 Å². The van der Waals surface area contributed by atoms with Gasteiger partial charge in [0.15, 0.2) is 0 Å². The summed E-state index contributed by atoms with van der Waals surface area (Å²) >= 11 is 6.11. The number of ether oxygens (including phenoxy) is 2. The van der Waals surface area contributed by atoms with Crippen molar-refractivity contribution < 1.29 is 14.3 Å². The molecule has 6 nitrogen and oxygen atoms in total. The zero-order valence-corrected chi connectivity index (χ0v) is 18.9. The molecule has 7 heteroatoms. The number of hydrogen-bond donors (Lipinski definition) is 2. The van der Waals surface area contributed by atoms with Gasteiger partial charge in [-0.25, -0.2) is 0 Å². The van der Waals surface area contributed by atoms with Gasteiger partial charge in [0, 0.05) is 25.7 Å². The van der Waals surface area contributed by atoms with Crippen LogP contribution in [0.2, 0.25) is 5.02 Å². The van der Waals surface area contributed by atoms with Gasteiger partial charge in [0.05, 0.1) is 35.6 Å². The molecule has 1 unspecified atom stereocenters. The lowest BCUT2D eigenvalue weighted by Crippen LogP contribution is -2.47. The van der Waals surface area contributed by atoms with Gasteiger partial charge in [-0.15, -0.1) is 0 Å². The minimum atomic E-state index is -0.242. The molecule has 3 N–H and O–H groups in total. The molecule has 0 bridgehead atoms. The summed E-state index contributed by atoms with van der Waals surface area (Å²) in [5.74, 6) is 0.195. The number of halogens is 1. The molecule has 168 valence electrons. The van der Waals surface area contributed by atoms with Crippen LogP contribution in [0.5, 0.6) is 5.75 Å². The predicted molar refractivity (Wildman–Crippen MR) is 125 cm³/mol. The number of unbranched alkanes of at least 4 members (excludes halogenated alkanes) is 1. The molecule has 31 heavy (non-hydrogen) atoms. The lowest BCUT2D eigenvalue weighted by molar-refractivity contribution is -0.0267. The fourth-order valence-corrected chi connectivity index (χ4v) is 3.90. The third-order valence-corrected chi connectivity index (χ3v) is 5.72. The number of hydrogen-bond acceptors (Lipinski definition) is 5. The van der Waals surface area contributed by atoms with E-state index in [2.05, 4.69) is 40.5 Å². The summed E-state index contributed by atoms with van der Waals surface area (Å²) in [6.45, 7) is 6.19. The van der Waals surface area contributed by atoms with Gasteiger partial charge in [-0.1, -0.05) is 41.9 Å². The Labute approximate surface area is 189 Å². The summed E-state index contributed by atoms with van der Waals surface area (Å²) in [6.07, 6.45) is 3.39. The van der Waals surface area contributed by atoms with Gasteiger partial charge in [-0.3, -0.25) is 9.69 Å². The third-order valence-electron chi connectivity index (χ3n) is 5.39. The van der Waals surface area contributed by atoms with Crippen molar-refractivity contribution in [2.45, 2.75) is 32.3 Å². The Morgan fingerprint density at radius 1 is 1.29 bits per heavy atom. The molecule has 0 saturated carbocycles. The molecule has 0 radical (unpaired) electrons. The lowest BCUT2D eigenvalue weighted by Gasteiger charge is -2.33. The molecule has 1 heterocycles. The number of morpholine rings is 1. The highest BCUT2D eigenvalue weighted by Gasteiger charge is 2.22. The molecule has 1 aliphatic rings. The maximum atomic E-state index is 12.7. The molecule has 0 aliphatic carbocycles. The van der Waals surface area contributed by atoms with Crippen molar-refractivity contribution in [1.82, 2.24) is 10.2 Å². The predicted octanol–water partition coefficient (Wildman–Crippen LogP) is 3.77. The second kappa shape index (κ2) is 11.9. The largest absolute Gasteiger partial charge is 0.493 e. The number of rotatable bonds is 10. The van der Waals surface area contributed by atoms with E-state index in [0.29, 0.717) is 41.8 Å². The Balaban J connectivity index is 1.44. The first-order valence-corrected chi connectivity index (χ1v) is 11.3. The van der Waals surface area contributed by atoms with Crippen molar-refractivity contribution in [3.63, 3.8) is 0 Å². The Morgan fingerprint density at radius 3 is 2.87 bits per heavy atom. The first-order valence-electron chi connectivity index (χ1n) is 10.9. The zero-order chi connectivity index (χ0) is 22.1. The van der Waals surface area contributed by atoms with E-state index in [4.69, 9.17) is 26.8 Å². The minimum absolute atomic E-state index is 0.0355. The van der Waals surface area contributed by atoms with Gasteiger partial charge in [0.2, 0.25) is 0 Å². The number of nitrogens with two attached hydrogens (primary N) is 1. The molecule has 1 amide bonds. The average Bonchev–Trinajstić information content (AvgIpc) is 2.78. The number of anilines is 1. The van der Waals surface area contributed by atoms with Crippen LogP contribution < -0.4 is 15.8 Å². The van der Waals surface area contributed by atoms with Gasteiger partial charge >= 0.3 is 0 Å². The van der Waals surface area contributed by atoms with Crippen LogP contribution in [0.4, 0.5) is 5.69 Å².